The van der Waals surface area contributed by atoms with Crippen LogP contribution in [0.15, 0.2) is 0 Å². The Morgan fingerprint density at radius 1 is 0.741 bits per heavy atom. The number of halogens is 6. The van der Waals surface area contributed by atoms with Crippen LogP contribution in [0.2, 0.25) is 0 Å². The van der Waals surface area contributed by atoms with E-state index in [0.717, 1.165) is 0 Å². The van der Waals surface area contributed by atoms with E-state index in [9.17, 15) is 50.6 Å². The average molecular weight is 412 g/mol. The molecule has 0 aromatic carbocycles. The van der Waals surface area contributed by atoms with Crippen molar-refractivity contribution in [3.63, 3.8) is 0 Å². The first-order valence-electron chi connectivity index (χ1n) is 7.05. The van der Waals surface area contributed by atoms with Gasteiger partial charge in [-0.2, -0.15) is 26.3 Å². The van der Waals surface area contributed by atoms with E-state index in [1.54, 1.807) is 0 Å². The number of carboxylic acid groups (broad SMARTS) is 2. The second kappa shape index (κ2) is 9.41. The largest absolute Gasteiger partial charge is 0.490 e. The van der Waals surface area contributed by atoms with Gasteiger partial charge >= 0.3 is 36.2 Å². The average Bonchev–Trinajstić information content (AvgIpc) is 2.50. The molecule has 0 aliphatic rings. The molecule has 0 radical (unpaired) electrons. The molecule has 0 aromatic rings. The topological polar surface area (TPSA) is 127 Å². The summed E-state index contributed by atoms with van der Waals surface area (Å²) in [7, 11) is 0. The van der Waals surface area contributed by atoms with Crippen molar-refractivity contribution in [3.8, 4) is 0 Å². The van der Waals surface area contributed by atoms with Crippen LogP contribution in [0.25, 0.3) is 0 Å². The first kappa shape index (κ1) is 24.5. The SMILES string of the molecule is O=C(O)CCCCC(COC(=O)C(F)(F)F)(COC(=O)C(F)(F)F)C(=O)O. The van der Waals surface area contributed by atoms with E-state index in [4.69, 9.17) is 5.11 Å². The van der Waals surface area contributed by atoms with Gasteiger partial charge in [0.05, 0.1) is 0 Å². The Morgan fingerprint density at radius 3 is 1.44 bits per heavy atom. The fourth-order valence-electron chi connectivity index (χ4n) is 1.73. The molecule has 156 valence electrons. The van der Waals surface area contributed by atoms with E-state index >= 15 is 0 Å². The minimum atomic E-state index is -5.49. The molecule has 8 nitrogen and oxygen atoms in total. The molecule has 0 aliphatic carbocycles. The van der Waals surface area contributed by atoms with Gasteiger partial charge in [0.2, 0.25) is 0 Å². The van der Waals surface area contributed by atoms with Crippen LogP contribution in [-0.4, -0.2) is 59.7 Å². The molecule has 0 atom stereocenters. The van der Waals surface area contributed by atoms with Crippen molar-refractivity contribution in [1.82, 2.24) is 0 Å². The van der Waals surface area contributed by atoms with Gasteiger partial charge in [0.25, 0.3) is 0 Å². The van der Waals surface area contributed by atoms with E-state index in [1.165, 1.54) is 0 Å². The Labute approximate surface area is 147 Å². The molecule has 0 spiro atoms. The van der Waals surface area contributed by atoms with Gasteiger partial charge in [-0.05, 0) is 12.8 Å². The van der Waals surface area contributed by atoms with Gasteiger partial charge < -0.3 is 19.7 Å². The number of alkyl halides is 6. The summed E-state index contributed by atoms with van der Waals surface area (Å²) in [5.41, 5.74) is -2.62. The summed E-state index contributed by atoms with van der Waals surface area (Å²) in [5.74, 6) is -8.85. The lowest BCUT2D eigenvalue weighted by atomic mass is 9.84. The van der Waals surface area contributed by atoms with Crippen molar-refractivity contribution in [1.29, 1.82) is 0 Å². The maximum absolute atomic E-state index is 12.2. The normalized spacial score (nSPS) is 12.4. The quantitative estimate of drug-likeness (QED) is 0.317. The zero-order chi connectivity index (χ0) is 21.5. The number of unbranched alkanes of at least 4 members (excludes halogenated alkanes) is 1. The fourth-order valence-corrected chi connectivity index (χ4v) is 1.73. The lowest BCUT2D eigenvalue weighted by Crippen LogP contribution is -2.44. The molecule has 27 heavy (non-hydrogen) atoms. The van der Waals surface area contributed by atoms with Gasteiger partial charge in [0.15, 0.2) is 0 Å². The Bertz CT molecular complexity index is 538. The molecular formula is C13H14F6O8. The van der Waals surface area contributed by atoms with Crippen LogP contribution in [0.1, 0.15) is 25.7 Å². The van der Waals surface area contributed by atoms with Gasteiger partial charge in [0, 0.05) is 6.42 Å². The number of esters is 2. The maximum Gasteiger partial charge on any atom is 0.490 e. The van der Waals surface area contributed by atoms with Gasteiger partial charge in [-0.25, -0.2) is 9.59 Å². The van der Waals surface area contributed by atoms with Crippen LogP contribution in [0, 0.1) is 5.41 Å². The Balaban J connectivity index is 5.31. The second-order valence-corrected chi connectivity index (χ2v) is 5.33. The van der Waals surface area contributed by atoms with Crippen LogP contribution in [-0.2, 0) is 28.7 Å². The van der Waals surface area contributed by atoms with Crippen LogP contribution in [0.3, 0.4) is 0 Å². The van der Waals surface area contributed by atoms with Crippen LogP contribution >= 0.6 is 0 Å². The summed E-state index contributed by atoms with van der Waals surface area (Å²) in [6, 6.07) is 0. The summed E-state index contributed by atoms with van der Waals surface area (Å²) < 4.78 is 80.6. The van der Waals surface area contributed by atoms with E-state index < -0.39 is 67.7 Å². The number of carbonyl (C=O) groups excluding carboxylic acids is 2. The first-order chi connectivity index (χ1) is 12.1. The Hall–Kier alpha value is -2.54. The highest BCUT2D eigenvalue weighted by Crippen LogP contribution is 2.30. The van der Waals surface area contributed by atoms with E-state index in [1.807, 2.05) is 0 Å². The van der Waals surface area contributed by atoms with Crippen LogP contribution < -0.4 is 0 Å². The third-order valence-corrected chi connectivity index (χ3v) is 3.17. The van der Waals surface area contributed by atoms with Crippen LogP contribution in [0.4, 0.5) is 26.3 Å². The lowest BCUT2D eigenvalue weighted by Gasteiger charge is -2.28. The molecule has 0 rings (SSSR count). The minimum Gasteiger partial charge on any atom is -0.481 e. The molecule has 0 heterocycles. The predicted molar refractivity (Wildman–Crippen MR) is 70.2 cm³/mol. The molecule has 0 saturated heterocycles. The van der Waals surface area contributed by atoms with Crippen molar-refractivity contribution >= 4 is 23.9 Å². The summed E-state index contributed by atoms with van der Waals surface area (Å²) in [6.45, 7) is -3.09. The molecule has 0 saturated carbocycles. The van der Waals surface area contributed by atoms with Gasteiger partial charge in [0.1, 0.15) is 18.6 Å². The second-order valence-electron chi connectivity index (χ2n) is 5.33. The van der Waals surface area contributed by atoms with Gasteiger partial charge in [-0.3, -0.25) is 9.59 Å². The predicted octanol–water partition coefficient (Wildman–Crippen LogP) is 1.91. The van der Waals surface area contributed by atoms with Crippen molar-refractivity contribution in [2.75, 3.05) is 13.2 Å². The van der Waals surface area contributed by atoms with Gasteiger partial charge in [-0.15, -0.1) is 0 Å². The molecule has 0 amide bonds. The fraction of sp³-hybridized carbons (Fsp3) is 0.692. The minimum absolute atomic E-state index is 0.176. The molecule has 0 aromatic heterocycles. The summed E-state index contributed by atoms with van der Waals surface area (Å²) in [6.07, 6.45) is -12.6. The highest BCUT2D eigenvalue weighted by Gasteiger charge is 2.48. The third kappa shape index (κ3) is 8.59. The molecule has 0 aliphatic heterocycles. The van der Waals surface area contributed by atoms with Crippen molar-refractivity contribution in [3.05, 3.63) is 0 Å². The van der Waals surface area contributed by atoms with E-state index in [0.29, 0.717) is 0 Å². The molecule has 2 N–H and O–H groups in total. The highest BCUT2D eigenvalue weighted by molar-refractivity contribution is 5.79. The number of hydrogen-bond donors (Lipinski definition) is 2. The van der Waals surface area contributed by atoms with E-state index in [2.05, 4.69) is 9.47 Å². The summed E-state index contributed by atoms with van der Waals surface area (Å²) >= 11 is 0. The zero-order valence-corrected chi connectivity index (χ0v) is 13.4. The number of aliphatic carboxylic acids is 2. The Morgan fingerprint density at radius 2 is 1.15 bits per heavy atom. The van der Waals surface area contributed by atoms with Crippen molar-refractivity contribution < 1.29 is 65.2 Å². The maximum atomic E-state index is 12.2. The third-order valence-electron chi connectivity index (χ3n) is 3.17. The van der Waals surface area contributed by atoms with Crippen molar-refractivity contribution in [2.24, 2.45) is 5.41 Å². The van der Waals surface area contributed by atoms with Crippen LogP contribution in [0.5, 0.6) is 0 Å². The van der Waals surface area contributed by atoms with Gasteiger partial charge in [-0.1, -0.05) is 6.42 Å². The molecule has 0 bridgehead atoms. The number of rotatable bonds is 10. The molecule has 0 unspecified atom stereocenters. The molecular weight excluding hydrogens is 398 g/mol. The summed E-state index contributed by atoms with van der Waals surface area (Å²) in [4.78, 5) is 43.3. The number of hydrogen-bond acceptors (Lipinski definition) is 6. The number of ether oxygens (including phenoxy) is 2. The summed E-state index contributed by atoms with van der Waals surface area (Å²) in [5, 5.41) is 17.7. The highest BCUT2D eigenvalue weighted by atomic mass is 19.4. The number of carbonyl (C=O) groups is 4. The zero-order valence-electron chi connectivity index (χ0n) is 13.4. The monoisotopic (exact) mass is 412 g/mol. The molecule has 0 fully saturated rings. The molecule has 14 heteroatoms. The standard InChI is InChI=1S/C13H14F6O8/c14-12(15,16)9(24)26-5-11(8(22)23,4-2-1-3-7(20)21)6-27-10(25)13(17,18)19/h1-6H2,(H,20,21)(H,22,23). The number of carboxylic acids is 2. The first-order valence-corrected chi connectivity index (χ1v) is 7.05. The Kier molecular flexibility index (Phi) is 8.53. The van der Waals surface area contributed by atoms with Crippen molar-refractivity contribution in [2.45, 2.75) is 38.0 Å². The smallest absolute Gasteiger partial charge is 0.481 e. The van der Waals surface area contributed by atoms with E-state index in [-0.39, 0.29) is 12.8 Å². The lowest BCUT2D eigenvalue weighted by molar-refractivity contribution is -0.211.